The lowest BCUT2D eigenvalue weighted by molar-refractivity contribution is -0.485. The van der Waals surface area contributed by atoms with Gasteiger partial charge in [0, 0.05) is 24.0 Å². The predicted molar refractivity (Wildman–Crippen MR) is 105 cm³/mol. The second kappa shape index (κ2) is 7.66. The van der Waals surface area contributed by atoms with E-state index in [2.05, 4.69) is 15.4 Å². The van der Waals surface area contributed by atoms with E-state index in [0.717, 1.165) is 10.9 Å². The van der Waals surface area contributed by atoms with Crippen LogP contribution in [0.1, 0.15) is 0 Å². The number of nitrogens with zero attached hydrogens (tertiary/aromatic N) is 5. The first kappa shape index (κ1) is 19.1. The molecule has 1 saturated heterocycles. The molecule has 0 radical (unpaired) electrons. The van der Waals surface area contributed by atoms with E-state index < -0.39 is 29.0 Å². The number of nitro groups is 1. The zero-order valence-electron chi connectivity index (χ0n) is 15.4. The number of guanidine groups is 1. The summed E-state index contributed by atoms with van der Waals surface area (Å²) in [5.41, 5.74) is 6.71. The fraction of sp³-hybridized carbons (Fsp3) is 0.167. The molecule has 1 atom stereocenters. The van der Waals surface area contributed by atoms with Gasteiger partial charge < -0.3 is 20.4 Å². The maximum Gasteiger partial charge on any atom is 0.414 e. The maximum absolute atomic E-state index is 14.8. The van der Waals surface area contributed by atoms with E-state index >= 15 is 0 Å². The summed E-state index contributed by atoms with van der Waals surface area (Å²) in [5, 5.41) is 15.6. The lowest BCUT2D eigenvalue weighted by atomic mass is 10.2. The van der Waals surface area contributed by atoms with Crippen molar-refractivity contribution in [1.82, 2.24) is 14.9 Å². The van der Waals surface area contributed by atoms with Crippen molar-refractivity contribution in [2.75, 3.05) is 18.0 Å². The van der Waals surface area contributed by atoms with E-state index in [0.29, 0.717) is 11.4 Å². The third-order valence-electron chi connectivity index (χ3n) is 4.51. The lowest BCUT2D eigenvalue weighted by Crippen LogP contribution is -2.39. The molecule has 1 aliphatic heterocycles. The maximum atomic E-state index is 14.8. The number of benzene rings is 1. The van der Waals surface area contributed by atoms with E-state index in [1.54, 1.807) is 41.4 Å². The Bertz CT molecular complexity index is 1130. The summed E-state index contributed by atoms with van der Waals surface area (Å²) in [6.45, 7) is 0.141. The average molecular weight is 413 g/mol. The van der Waals surface area contributed by atoms with Gasteiger partial charge in [0.05, 0.1) is 30.0 Å². The predicted octanol–water partition coefficient (Wildman–Crippen LogP) is 1.59. The standard InChI is InChI=1S/C18H16FN7O4/c19-14-6-12(3-4-16(14)24-8-11-2-1-5-21-15(11)10-24)25-9-13(30-18(25)27)7-22-17(20)23-26(28)29/h1-6,8,10,13H,7,9H2,(H3,20,22,23). The molecule has 1 fully saturated rings. The van der Waals surface area contributed by atoms with Crippen LogP contribution in [0.4, 0.5) is 14.9 Å². The fourth-order valence-electron chi connectivity index (χ4n) is 3.16. The summed E-state index contributed by atoms with van der Waals surface area (Å²) in [5.74, 6) is -0.928. The fourth-order valence-corrected chi connectivity index (χ4v) is 3.16. The molecule has 154 valence electrons. The van der Waals surface area contributed by atoms with Crippen LogP contribution in [0.5, 0.6) is 0 Å². The number of ether oxygens (including phenoxy) is 1. The molecule has 12 heteroatoms. The molecule has 1 aromatic carbocycles. The minimum absolute atomic E-state index is 0.0228. The molecule has 0 aliphatic carbocycles. The number of pyridine rings is 1. The number of fused-ring (bicyclic) bond motifs is 1. The van der Waals surface area contributed by atoms with Gasteiger partial charge in [-0.15, -0.1) is 0 Å². The van der Waals surface area contributed by atoms with Gasteiger partial charge in [0.1, 0.15) is 17.0 Å². The number of anilines is 1. The molecular weight excluding hydrogens is 397 g/mol. The van der Waals surface area contributed by atoms with Crippen molar-refractivity contribution >= 4 is 28.6 Å². The van der Waals surface area contributed by atoms with Crippen LogP contribution in [0.25, 0.3) is 16.6 Å². The molecule has 0 bridgehead atoms. The molecule has 1 unspecified atom stereocenters. The molecule has 0 spiro atoms. The number of hydrogen-bond donors (Lipinski definition) is 2. The molecule has 11 nitrogen and oxygen atoms in total. The Morgan fingerprint density at radius 2 is 2.27 bits per heavy atom. The van der Waals surface area contributed by atoms with Gasteiger partial charge in [0.25, 0.3) is 5.96 Å². The number of hydrazone groups is 1. The Hall–Kier alpha value is -4.22. The van der Waals surface area contributed by atoms with Crippen molar-refractivity contribution in [2.24, 2.45) is 10.8 Å². The molecule has 1 aliphatic rings. The number of halogens is 1. The number of nitrogens with one attached hydrogen (secondary N) is 1. The van der Waals surface area contributed by atoms with Crippen LogP contribution >= 0.6 is 0 Å². The number of carbonyl (C=O) groups excluding carboxylic acids is 1. The van der Waals surface area contributed by atoms with Crippen LogP contribution in [0, 0.1) is 15.9 Å². The second-order valence-electron chi connectivity index (χ2n) is 6.50. The largest absolute Gasteiger partial charge is 0.442 e. The minimum atomic E-state index is -0.941. The number of carbonyl (C=O) groups is 1. The van der Waals surface area contributed by atoms with Crippen molar-refractivity contribution in [3.63, 3.8) is 0 Å². The van der Waals surface area contributed by atoms with E-state index in [4.69, 9.17) is 10.5 Å². The van der Waals surface area contributed by atoms with Gasteiger partial charge in [-0.1, -0.05) is 0 Å². The average Bonchev–Trinajstić information content (AvgIpc) is 3.29. The Morgan fingerprint density at radius 3 is 3.00 bits per heavy atom. The van der Waals surface area contributed by atoms with Crippen LogP contribution < -0.4 is 16.0 Å². The van der Waals surface area contributed by atoms with Crippen molar-refractivity contribution in [1.29, 1.82) is 0 Å². The molecule has 0 saturated carbocycles. The van der Waals surface area contributed by atoms with Crippen LogP contribution in [-0.2, 0) is 4.74 Å². The normalized spacial score (nSPS) is 16.7. The number of aromatic nitrogens is 2. The Balaban J connectivity index is 1.48. The summed E-state index contributed by atoms with van der Waals surface area (Å²) in [6, 6.07) is 8.09. The molecule has 3 heterocycles. The molecule has 1 amide bonds. The molecule has 30 heavy (non-hydrogen) atoms. The van der Waals surface area contributed by atoms with Crippen LogP contribution in [0.2, 0.25) is 0 Å². The Labute approximate surface area is 168 Å². The number of nitrogens with two attached hydrogens (primary N) is 1. The van der Waals surface area contributed by atoms with Crippen LogP contribution in [0.15, 0.2) is 54.0 Å². The quantitative estimate of drug-likeness (QED) is 0.280. The highest BCUT2D eigenvalue weighted by Gasteiger charge is 2.32. The summed E-state index contributed by atoms with van der Waals surface area (Å²) in [4.78, 5) is 27.9. The lowest BCUT2D eigenvalue weighted by Gasteiger charge is -2.14. The van der Waals surface area contributed by atoms with E-state index in [1.165, 1.54) is 11.0 Å². The molecule has 3 N–H and O–H groups in total. The van der Waals surface area contributed by atoms with Gasteiger partial charge >= 0.3 is 6.09 Å². The summed E-state index contributed by atoms with van der Waals surface area (Å²) in [6.07, 6.45) is 3.85. The number of rotatable bonds is 5. The smallest absolute Gasteiger partial charge is 0.414 e. The zero-order chi connectivity index (χ0) is 21.3. The van der Waals surface area contributed by atoms with Gasteiger partial charge in [0.15, 0.2) is 5.03 Å². The Morgan fingerprint density at radius 1 is 1.43 bits per heavy atom. The highest BCUT2D eigenvalue weighted by Crippen LogP contribution is 2.26. The third kappa shape index (κ3) is 3.83. The van der Waals surface area contributed by atoms with Crippen molar-refractivity contribution < 1.29 is 19.0 Å². The van der Waals surface area contributed by atoms with E-state index in [9.17, 15) is 19.3 Å². The van der Waals surface area contributed by atoms with Crippen LogP contribution in [0.3, 0.4) is 0 Å². The molecule has 4 rings (SSSR count). The van der Waals surface area contributed by atoms with Gasteiger partial charge in [-0.25, -0.2) is 19.3 Å². The highest BCUT2D eigenvalue weighted by molar-refractivity contribution is 5.90. The minimum Gasteiger partial charge on any atom is -0.442 e. The van der Waals surface area contributed by atoms with Gasteiger partial charge in [-0.2, -0.15) is 0 Å². The second-order valence-corrected chi connectivity index (χ2v) is 6.50. The Kier molecular flexibility index (Phi) is 4.88. The highest BCUT2D eigenvalue weighted by atomic mass is 19.1. The molecule has 3 aromatic rings. The first-order valence-electron chi connectivity index (χ1n) is 8.84. The van der Waals surface area contributed by atoms with Crippen molar-refractivity contribution in [2.45, 2.75) is 6.10 Å². The van der Waals surface area contributed by atoms with Crippen LogP contribution in [-0.4, -0.2) is 45.8 Å². The summed E-state index contributed by atoms with van der Waals surface area (Å²) < 4.78 is 21.6. The number of hydrogen-bond acceptors (Lipinski definition) is 5. The van der Waals surface area contributed by atoms with E-state index in [-0.39, 0.29) is 13.1 Å². The van der Waals surface area contributed by atoms with E-state index in [1.807, 2.05) is 6.07 Å². The first-order chi connectivity index (χ1) is 14.4. The number of cyclic esters (lactones) is 1. The first-order valence-corrected chi connectivity index (χ1v) is 8.84. The van der Waals surface area contributed by atoms with Gasteiger partial charge in [0.2, 0.25) is 0 Å². The summed E-state index contributed by atoms with van der Waals surface area (Å²) in [7, 11) is 0. The van der Waals surface area contributed by atoms with Crippen molar-refractivity contribution in [3.05, 3.63) is 64.9 Å². The topological polar surface area (TPSA) is 141 Å². The molecular formula is C18H16FN7O4. The zero-order valence-corrected chi connectivity index (χ0v) is 15.4. The monoisotopic (exact) mass is 413 g/mol. The van der Waals surface area contributed by atoms with Crippen molar-refractivity contribution in [3.8, 4) is 5.69 Å². The number of amides is 1. The third-order valence-corrected chi connectivity index (χ3v) is 4.51. The summed E-state index contributed by atoms with van der Waals surface area (Å²) >= 11 is 0. The van der Waals surface area contributed by atoms with Gasteiger partial charge in [-0.05, 0) is 30.3 Å². The SMILES string of the molecule is N/C(=N\[N+](=O)[O-])NCC1CN(c2ccc(-n3cc4cccnc4c3)c(F)c2)C(=O)O1. The molecule has 2 aromatic heterocycles. The van der Waals surface area contributed by atoms with Gasteiger partial charge in [-0.3, -0.25) is 9.88 Å².